The molecule has 27 heavy (non-hydrogen) atoms. The largest absolute Gasteiger partial charge is 0.372 e. The zero-order valence-corrected chi connectivity index (χ0v) is 16.3. The van der Waals surface area contributed by atoms with Crippen molar-refractivity contribution in [3.63, 3.8) is 0 Å². The van der Waals surface area contributed by atoms with Crippen LogP contribution in [0.15, 0.2) is 48.8 Å². The molecule has 1 fully saturated rings. The fourth-order valence-electron chi connectivity index (χ4n) is 3.15. The first kappa shape index (κ1) is 17.9. The van der Waals surface area contributed by atoms with Gasteiger partial charge in [0.2, 0.25) is 0 Å². The van der Waals surface area contributed by atoms with E-state index in [0.29, 0.717) is 9.88 Å². The van der Waals surface area contributed by atoms with Crippen LogP contribution in [0.25, 0.3) is 10.6 Å². The minimum atomic E-state index is -0.252. The van der Waals surface area contributed by atoms with Gasteiger partial charge in [0.1, 0.15) is 9.88 Å². The van der Waals surface area contributed by atoms with Gasteiger partial charge in [0.05, 0.1) is 0 Å². The predicted octanol–water partition coefficient (Wildman–Crippen LogP) is 5.10. The van der Waals surface area contributed by atoms with Gasteiger partial charge in [-0.05, 0) is 55.7 Å². The summed E-state index contributed by atoms with van der Waals surface area (Å²) in [6.45, 7) is 2.19. The molecule has 5 nitrogen and oxygen atoms in total. The van der Waals surface area contributed by atoms with Gasteiger partial charge in [-0.15, -0.1) is 11.3 Å². The predicted molar refractivity (Wildman–Crippen MR) is 111 cm³/mol. The Morgan fingerprint density at radius 1 is 1.11 bits per heavy atom. The molecule has 1 N–H and O–H groups in total. The third-order valence-electron chi connectivity index (χ3n) is 4.55. The van der Waals surface area contributed by atoms with Crippen molar-refractivity contribution in [3.8, 4) is 10.6 Å². The molecule has 0 atom stereocenters. The second-order valence-electron chi connectivity index (χ2n) is 6.43. The molecule has 1 aromatic carbocycles. The Bertz CT molecular complexity index is 921. The van der Waals surface area contributed by atoms with E-state index < -0.39 is 0 Å². The number of thiazole rings is 1. The standard InChI is InChI=1S/C20H19ClN4OS/c21-18-17(27-20(24-18)14-5-4-10-22-13-14)19(26)23-15-6-8-16(9-7-15)25-11-2-1-3-12-25/h4-10,13H,1-3,11-12H2,(H,23,26). The number of aromatic nitrogens is 2. The highest BCUT2D eigenvalue weighted by atomic mass is 35.5. The van der Waals surface area contributed by atoms with Crippen molar-refractivity contribution in [2.45, 2.75) is 19.3 Å². The lowest BCUT2D eigenvalue weighted by molar-refractivity contribution is 0.103. The van der Waals surface area contributed by atoms with Crippen molar-refractivity contribution >= 4 is 40.2 Å². The van der Waals surface area contributed by atoms with Crippen LogP contribution in [-0.4, -0.2) is 29.0 Å². The van der Waals surface area contributed by atoms with Crippen molar-refractivity contribution in [3.05, 3.63) is 58.8 Å². The highest BCUT2D eigenvalue weighted by molar-refractivity contribution is 7.17. The Kier molecular flexibility index (Phi) is 5.36. The second-order valence-corrected chi connectivity index (χ2v) is 7.79. The van der Waals surface area contributed by atoms with Gasteiger partial charge in [-0.25, -0.2) is 4.98 Å². The number of carbonyl (C=O) groups excluding carboxylic acids is 1. The van der Waals surface area contributed by atoms with Crippen LogP contribution in [0.4, 0.5) is 11.4 Å². The fourth-order valence-corrected chi connectivity index (χ4v) is 4.33. The molecule has 3 aromatic rings. The Hall–Kier alpha value is -2.44. The van der Waals surface area contributed by atoms with Crippen molar-refractivity contribution in [1.29, 1.82) is 0 Å². The van der Waals surface area contributed by atoms with Gasteiger partial charge < -0.3 is 10.2 Å². The molecule has 4 rings (SSSR count). The number of anilines is 2. The molecule has 138 valence electrons. The summed E-state index contributed by atoms with van der Waals surface area (Å²) in [7, 11) is 0. The number of hydrogen-bond donors (Lipinski definition) is 1. The average Bonchev–Trinajstić information content (AvgIpc) is 3.12. The van der Waals surface area contributed by atoms with E-state index >= 15 is 0 Å². The lowest BCUT2D eigenvalue weighted by atomic mass is 10.1. The van der Waals surface area contributed by atoms with Crippen molar-refractivity contribution in [1.82, 2.24) is 9.97 Å². The van der Waals surface area contributed by atoms with Crippen LogP contribution in [0.1, 0.15) is 28.9 Å². The van der Waals surface area contributed by atoms with Crippen LogP contribution in [0, 0.1) is 0 Å². The van der Waals surface area contributed by atoms with Gasteiger partial charge in [-0.1, -0.05) is 11.6 Å². The van der Waals surface area contributed by atoms with Crippen molar-refractivity contribution in [2.75, 3.05) is 23.3 Å². The summed E-state index contributed by atoms with van der Waals surface area (Å²) in [6.07, 6.45) is 7.18. The summed E-state index contributed by atoms with van der Waals surface area (Å²) in [5.41, 5.74) is 2.78. The zero-order chi connectivity index (χ0) is 18.6. The van der Waals surface area contributed by atoms with Crippen LogP contribution in [0.3, 0.4) is 0 Å². The van der Waals surface area contributed by atoms with Gasteiger partial charge in [-0.3, -0.25) is 9.78 Å². The molecule has 1 aliphatic heterocycles. The van der Waals surface area contributed by atoms with E-state index in [-0.39, 0.29) is 11.1 Å². The number of pyridine rings is 1. The lowest BCUT2D eigenvalue weighted by Gasteiger charge is -2.28. The van der Waals surface area contributed by atoms with Crippen LogP contribution < -0.4 is 10.2 Å². The summed E-state index contributed by atoms with van der Waals surface area (Å²) in [4.78, 5) is 23.8. The maximum absolute atomic E-state index is 12.6. The van der Waals surface area contributed by atoms with Crippen LogP contribution in [0.2, 0.25) is 5.15 Å². The van der Waals surface area contributed by atoms with E-state index in [0.717, 1.165) is 24.3 Å². The molecule has 1 saturated heterocycles. The highest BCUT2D eigenvalue weighted by Crippen LogP contribution is 2.31. The average molecular weight is 399 g/mol. The second kappa shape index (κ2) is 8.06. The Labute approximate surface area is 167 Å². The molecule has 3 heterocycles. The van der Waals surface area contributed by atoms with E-state index in [1.54, 1.807) is 12.4 Å². The molecule has 0 aliphatic carbocycles. The van der Waals surface area contributed by atoms with E-state index in [1.165, 1.54) is 36.3 Å². The number of halogens is 1. The van der Waals surface area contributed by atoms with E-state index in [2.05, 4.69) is 32.3 Å². The molecular formula is C20H19ClN4OS. The molecule has 1 aliphatic rings. The molecule has 0 unspecified atom stereocenters. The van der Waals surface area contributed by atoms with E-state index in [4.69, 9.17) is 11.6 Å². The SMILES string of the molecule is O=C(Nc1ccc(N2CCCCC2)cc1)c1sc(-c2cccnc2)nc1Cl. The third kappa shape index (κ3) is 4.12. The minimum Gasteiger partial charge on any atom is -0.372 e. The highest BCUT2D eigenvalue weighted by Gasteiger charge is 2.18. The molecule has 0 saturated carbocycles. The number of carbonyl (C=O) groups is 1. The number of nitrogens with one attached hydrogen (secondary N) is 1. The van der Waals surface area contributed by atoms with Gasteiger partial charge in [-0.2, -0.15) is 0 Å². The van der Waals surface area contributed by atoms with Crippen molar-refractivity contribution in [2.24, 2.45) is 0 Å². The molecule has 2 aromatic heterocycles. The molecule has 0 bridgehead atoms. The molecular weight excluding hydrogens is 380 g/mol. The molecule has 7 heteroatoms. The summed E-state index contributed by atoms with van der Waals surface area (Å²) >= 11 is 7.46. The maximum Gasteiger partial charge on any atom is 0.268 e. The van der Waals surface area contributed by atoms with Crippen LogP contribution in [0.5, 0.6) is 0 Å². The normalized spacial score (nSPS) is 14.2. The number of amides is 1. The number of piperidine rings is 1. The Balaban J connectivity index is 1.47. The van der Waals surface area contributed by atoms with E-state index in [9.17, 15) is 4.79 Å². The monoisotopic (exact) mass is 398 g/mol. The van der Waals surface area contributed by atoms with Crippen LogP contribution in [-0.2, 0) is 0 Å². The van der Waals surface area contributed by atoms with Gasteiger partial charge in [0, 0.05) is 42.4 Å². The minimum absolute atomic E-state index is 0.210. The maximum atomic E-state index is 12.6. The fraction of sp³-hybridized carbons (Fsp3) is 0.250. The summed E-state index contributed by atoms with van der Waals surface area (Å²) in [5, 5.41) is 3.80. The Morgan fingerprint density at radius 2 is 1.89 bits per heavy atom. The summed E-state index contributed by atoms with van der Waals surface area (Å²) in [5.74, 6) is -0.252. The topological polar surface area (TPSA) is 58.1 Å². The number of rotatable bonds is 4. The lowest BCUT2D eigenvalue weighted by Crippen LogP contribution is -2.29. The molecule has 1 amide bonds. The van der Waals surface area contributed by atoms with Gasteiger partial charge >= 0.3 is 0 Å². The first-order valence-corrected chi connectivity index (χ1v) is 10.1. The van der Waals surface area contributed by atoms with Crippen molar-refractivity contribution < 1.29 is 4.79 Å². The van der Waals surface area contributed by atoms with Gasteiger partial charge in [0.25, 0.3) is 5.91 Å². The van der Waals surface area contributed by atoms with Crippen LogP contribution >= 0.6 is 22.9 Å². The van der Waals surface area contributed by atoms with E-state index in [1.807, 2.05) is 24.3 Å². The third-order valence-corrected chi connectivity index (χ3v) is 6.04. The summed E-state index contributed by atoms with van der Waals surface area (Å²) in [6, 6.07) is 11.7. The first-order valence-electron chi connectivity index (χ1n) is 8.94. The number of nitrogens with zero attached hydrogens (tertiary/aromatic N) is 3. The molecule has 0 radical (unpaired) electrons. The number of benzene rings is 1. The quantitative estimate of drug-likeness (QED) is 0.664. The smallest absolute Gasteiger partial charge is 0.268 e. The molecule has 0 spiro atoms. The van der Waals surface area contributed by atoms with Gasteiger partial charge in [0.15, 0.2) is 5.15 Å². The Morgan fingerprint density at radius 3 is 2.59 bits per heavy atom. The number of hydrogen-bond acceptors (Lipinski definition) is 5. The zero-order valence-electron chi connectivity index (χ0n) is 14.7. The first-order chi connectivity index (χ1) is 13.2. The summed E-state index contributed by atoms with van der Waals surface area (Å²) < 4.78 is 0.